The maximum absolute atomic E-state index is 12.2. The van der Waals surface area contributed by atoms with E-state index >= 15 is 0 Å². The molecule has 2 aromatic rings. The number of methoxy groups -OCH3 is 1. The van der Waals surface area contributed by atoms with Crippen LogP contribution in [0.2, 0.25) is 10.0 Å². The van der Waals surface area contributed by atoms with Crippen LogP contribution in [-0.4, -0.2) is 19.0 Å². The number of carbonyl (C=O) groups is 2. The fourth-order valence-electron chi connectivity index (χ4n) is 1.98. The molecule has 0 aliphatic carbocycles. The lowest BCUT2D eigenvalue weighted by Crippen LogP contribution is -2.15. The summed E-state index contributed by atoms with van der Waals surface area (Å²) in [5.74, 6) is -0.705. The average Bonchev–Trinajstić information content (AvgIpc) is 2.93. The van der Waals surface area contributed by atoms with Crippen molar-refractivity contribution in [2.75, 3.05) is 12.4 Å². The van der Waals surface area contributed by atoms with E-state index < -0.39 is 5.97 Å². The summed E-state index contributed by atoms with van der Waals surface area (Å²) in [6.45, 7) is 1.98. The first-order valence-corrected chi connectivity index (χ1v) is 8.46. The van der Waals surface area contributed by atoms with Crippen LogP contribution < -0.4 is 5.32 Å². The molecule has 0 aliphatic rings. The van der Waals surface area contributed by atoms with E-state index in [2.05, 4.69) is 5.32 Å². The van der Waals surface area contributed by atoms with Crippen LogP contribution >= 0.6 is 34.5 Å². The summed E-state index contributed by atoms with van der Waals surface area (Å²) in [6.07, 6.45) is 0.911. The van der Waals surface area contributed by atoms with Crippen LogP contribution in [0.25, 0.3) is 0 Å². The number of thiophene rings is 1. The van der Waals surface area contributed by atoms with E-state index in [-0.39, 0.29) is 12.3 Å². The van der Waals surface area contributed by atoms with Crippen LogP contribution in [0.3, 0.4) is 0 Å². The Morgan fingerprint density at radius 2 is 1.96 bits per heavy atom. The lowest BCUT2D eigenvalue weighted by Gasteiger charge is -2.06. The molecule has 0 saturated carbocycles. The van der Waals surface area contributed by atoms with Crippen molar-refractivity contribution in [3.63, 3.8) is 0 Å². The Labute approximate surface area is 148 Å². The Bertz CT molecular complexity index is 743. The van der Waals surface area contributed by atoms with E-state index in [1.807, 2.05) is 6.92 Å². The van der Waals surface area contributed by atoms with Crippen LogP contribution in [0.5, 0.6) is 0 Å². The Hall–Kier alpha value is -1.56. The number of nitrogens with one attached hydrogen (secondary N) is 1. The van der Waals surface area contributed by atoms with Gasteiger partial charge in [-0.1, -0.05) is 36.2 Å². The fraction of sp³-hybridized carbons (Fsp3) is 0.250. The predicted molar refractivity (Wildman–Crippen MR) is 93.8 cm³/mol. The van der Waals surface area contributed by atoms with E-state index in [1.165, 1.54) is 18.4 Å². The minimum Gasteiger partial charge on any atom is -0.465 e. The predicted octanol–water partition coefficient (Wildman–Crippen LogP) is 4.59. The van der Waals surface area contributed by atoms with Gasteiger partial charge >= 0.3 is 5.97 Å². The number of hydrogen-bond acceptors (Lipinski definition) is 4. The molecule has 1 aromatic heterocycles. The minimum absolute atomic E-state index is 0.136. The summed E-state index contributed by atoms with van der Waals surface area (Å²) in [6, 6.07) is 6.77. The molecule has 0 radical (unpaired) electrons. The van der Waals surface area contributed by atoms with E-state index in [0.29, 0.717) is 20.6 Å². The van der Waals surface area contributed by atoms with Crippen molar-refractivity contribution in [3.05, 3.63) is 50.3 Å². The highest BCUT2D eigenvalue weighted by Crippen LogP contribution is 2.29. The summed E-state index contributed by atoms with van der Waals surface area (Å²) in [5, 5.41) is 4.10. The van der Waals surface area contributed by atoms with Crippen LogP contribution in [0.15, 0.2) is 24.3 Å². The topological polar surface area (TPSA) is 55.4 Å². The van der Waals surface area contributed by atoms with Crippen LogP contribution in [0, 0.1) is 0 Å². The van der Waals surface area contributed by atoms with Gasteiger partial charge < -0.3 is 10.1 Å². The Balaban J connectivity index is 2.14. The first kappa shape index (κ1) is 17.8. The normalized spacial score (nSPS) is 10.4. The Morgan fingerprint density at radius 3 is 2.57 bits per heavy atom. The number of carbonyl (C=O) groups excluding carboxylic acids is 2. The molecule has 0 spiro atoms. The molecule has 0 saturated heterocycles. The Kier molecular flexibility index (Phi) is 6.04. The zero-order valence-electron chi connectivity index (χ0n) is 12.6. The van der Waals surface area contributed by atoms with E-state index in [4.69, 9.17) is 27.9 Å². The summed E-state index contributed by atoms with van der Waals surface area (Å²) >= 11 is 13.2. The molecule has 1 N–H and O–H groups in total. The summed E-state index contributed by atoms with van der Waals surface area (Å²) in [5.41, 5.74) is 1.11. The largest absolute Gasteiger partial charge is 0.465 e. The number of aryl methyl sites for hydroxylation is 1. The standard InChI is InChI=1S/C16H15Cl2NO3S/c1-3-10-8-11(16(21)22-2)15(23-10)19-14(20)7-9-4-5-12(17)13(18)6-9/h4-6,8H,3,7H2,1-2H3,(H,19,20). The highest BCUT2D eigenvalue weighted by atomic mass is 35.5. The molecule has 0 aliphatic heterocycles. The fourth-order valence-corrected chi connectivity index (χ4v) is 3.30. The van der Waals surface area contributed by atoms with Gasteiger partial charge in [-0.25, -0.2) is 4.79 Å². The third kappa shape index (κ3) is 4.47. The second-order valence-electron chi connectivity index (χ2n) is 4.77. The molecule has 0 fully saturated rings. The van der Waals surface area contributed by atoms with Gasteiger partial charge in [0.05, 0.1) is 29.1 Å². The smallest absolute Gasteiger partial charge is 0.340 e. The maximum Gasteiger partial charge on any atom is 0.340 e. The molecule has 1 amide bonds. The molecule has 1 aromatic carbocycles. The van der Waals surface area contributed by atoms with Crippen molar-refractivity contribution in [3.8, 4) is 0 Å². The van der Waals surface area contributed by atoms with Gasteiger partial charge in [0.15, 0.2) is 0 Å². The molecule has 4 nitrogen and oxygen atoms in total. The van der Waals surface area contributed by atoms with Crippen molar-refractivity contribution >= 4 is 51.4 Å². The van der Waals surface area contributed by atoms with Gasteiger partial charge in [-0.05, 0) is 30.2 Å². The van der Waals surface area contributed by atoms with Gasteiger partial charge in [-0.3, -0.25) is 4.79 Å². The first-order valence-electron chi connectivity index (χ1n) is 6.89. The first-order chi connectivity index (χ1) is 10.9. The lowest BCUT2D eigenvalue weighted by molar-refractivity contribution is -0.115. The number of amides is 1. The second-order valence-corrected chi connectivity index (χ2v) is 6.73. The highest BCUT2D eigenvalue weighted by molar-refractivity contribution is 7.16. The number of anilines is 1. The molecular weight excluding hydrogens is 357 g/mol. The molecule has 2 rings (SSSR count). The zero-order chi connectivity index (χ0) is 17.0. The van der Waals surface area contributed by atoms with Crippen molar-refractivity contribution in [1.29, 1.82) is 0 Å². The average molecular weight is 372 g/mol. The quantitative estimate of drug-likeness (QED) is 0.782. The van der Waals surface area contributed by atoms with Crippen LogP contribution in [0.4, 0.5) is 5.00 Å². The molecular formula is C16H15Cl2NO3S. The number of rotatable bonds is 5. The van der Waals surface area contributed by atoms with Crippen molar-refractivity contribution < 1.29 is 14.3 Å². The molecule has 0 bridgehead atoms. The van der Waals surface area contributed by atoms with E-state index in [9.17, 15) is 9.59 Å². The number of halogens is 2. The minimum atomic E-state index is -0.467. The molecule has 23 heavy (non-hydrogen) atoms. The molecule has 0 atom stereocenters. The highest BCUT2D eigenvalue weighted by Gasteiger charge is 2.18. The van der Waals surface area contributed by atoms with Gasteiger partial charge in [0, 0.05) is 4.88 Å². The third-order valence-electron chi connectivity index (χ3n) is 3.14. The van der Waals surface area contributed by atoms with Crippen molar-refractivity contribution in [2.45, 2.75) is 19.8 Å². The van der Waals surface area contributed by atoms with Gasteiger partial charge in [-0.15, -0.1) is 11.3 Å². The second kappa shape index (κ2) is 7.81. The summed E-state index contributed by atoms with van der Waals surface area (Å²) in [7, 11) is 1.31. The third-order valence-corrected chi connectivity index (χ3v) is 5.07. The molecule has 122 valence electrons. The summed E-state index contributed by atoms with van der Waals surface area (Å²) in [4.78, 5) is 25.0. The van der Waals surface area contributed by atoms with E-state index in [0.717, 1.165) is 16.9 Å². The number of ether oxygens (including phenoxy) is 1. The monoisotopic (exact) mass is 371 g/mol. The van der Waals surface area contributed by atoms with Crippen molar-refractivity contribution in [1.82, 2.24) is 0 Å². The van der Waals surface area contributed by atoms with Gasteiger partial charge in [0.25, 0.3) is 0 Å². The van der Waals surface area contributed by atoms with Crippen LogP contribution in [0.1, 0.15) is 27.7 Å². The molecule has 0 unspecified atom stereocenters. The molecule has 7 heteroatoms. The molecule has 1 heterocycles. The number of benzene rings is 1. The lowest BCUT2D eigenvalue weighted by atomic mass is 10.1. The van der Waals surface area contributed by atoms with Crippen molar-refractivity contribution in [2.24, 2.45) is 0 Å². The number of hydrogen-bond donors (Lipinski definition) is 1. The Morgan fingerprint density at radius 1 is 1.22 bits per heavy atom. The SMILES string of the molecule is CCc1cc(C(=O)OC)c(NC(=O)Cc2ccc(Cl)c(Cl)c2)s1. The van der Waals surface area contributed by atoms with Gasteiger partial charge in [0.1, 0.15) is 5.00 Å². The maximum atomic E-state index is 12.2. The van der Waals surface area contributed by atoms with Gasteiger partial charge in [-0.2, -0.15) is 0 Å². The van der Waals surface area contributed by atoms with Crippen LogP contribution in [-0.2, 0) is 22.4 Å². The van der Waals surface area contributed by atoms with Gasteiger partial charge in [0.2, 0.25) is 5.91 Å². The van der Waals surface area contributed by atoms with E-state index in [1.54, 1.807) is 24.3 Å². The zero-order valence-corrected chi connectivity index (χ0v) is 14.9. The number of esters is 1. The summed E-state index contributed by atoms with van der Waals surface area (Å²) < 4.78 is 4.75.